The van der Waals surface area contributed by atoms with Crippen LogP contribution in [0.2, 0.25) is 0 Å². The molecule has 1 aromatic carbocycles. The lowest BCUT2D eigenvalue weighted by molar-refractivity contribution is 0.173. The lowest BCUT2D eigenvalue weighted by Gasteiger charge is -2.32. The monoisotopic (exact) mass is 339 g/mol. The number of halogens is 1. The summed E-state index contributed by atoms with van der Waals surface area (Å²) in [5.41, 5.74) is 1.24. The van der Waals surface area contributed by atoms with Gasteiger partial charge in [-0.15, -0.1) is 0 Å². The number of fused-ring (bicyclic) bond motifs is 1. The number of hydrogen-bond acceptors (Lipinski definition) is 3. The summed E-state index contributed by atoms with van der Waals surface area (Å²) in [7, 11) is 0. The minimum Gasteiger partial charge on any atom is -0.454 e. The van der Waals surface area contributed by atoms with Crippen LogP contribution in [-0.4, -0.2) is 12.8 Å². The van der Waals surface area contributed by atoms with E-state index in [-0.39, 0.29) is 0 Å². The van der Waals surface area contributed by atoms with Gasteiger partial charge in [0.1, 0.15) is 0 Å². The van der Waals surface area contributed by atoms with Gasteiger partial charge in [0.25, 0.3) is 0 Å². The van der Waals surface area contributed by atoms with Gasteiger partial charge in [-0.1, -0.05) is 13.8 Å². The van der Waals surface area contributed by atoms with E-state index in [0.717, 1.165) is 34.4 Å². The van der Waals surface area contributed by atoms with E-state index in [4.69, 9.17) is 9.47 Å². The van der Waals surface area contributed by atoms with E-state index in [1.165, 1.54) is 24.8 Å². The van der Waals surface area contributed by atoms with Crippen LogP contribution in [0.15, 0.2) is 16.6 Å². The predicted molar refractivity (Wildman–Crippen MR) is 83.1 cm³/mol. The van der Waals surface area contributed by atoms with Crippen molar-refractivity contribution in [2.24, 2.45) is 11.8 Å². The van der Waals surface area contributed by atoms with Crippen molar-refractivity contribution >= 4 is 15.9 Å². The van der Waals surface area contributed by atoms with Gasteiger partial charge in [-0.25, -0.2) is 0 Å². The van der Waals surface area contributed by atoms with Crippen molar-refractivity contribution in [3.63, 3.8) is 0 Å². The minimum atomic E-state index is 0.322. The van der Waals surface area contributed by atoms with Crippen molar-refractivity contribution < 1.29 is 9.47 Å². The van der Waals surface area contributed by atoms with Crippen LogP contribution in [0.5, 0.6) is 11.5 Å². The summed E-state index contributed by atoms with van der Waals surface area (Å²) in [6.07, 6.45) is 3.94. The van der Waals surface area contributed by atoms with Crippen molar-refractivity contribution in [2.45, 2.75) is 45.7 Å². The second-order valence-corrected chi connectivity index (χ2v) is 7.16. The maximum Gasteiger partial charge on any atom is 0.231 e. The first-order chi connectivity index (χ1) is 9.61. The Morgan fingerprint density at radius 1 is 1.15 bits per heavy atom. The van der Waals surface area contributed by atoms with Gasteiger partial charge in [-0.3, -0.25) is 0 Å². The Kier molecular flexibility index (Phi) is 4.22. The van der Waals surface area contributed by atoms with E-state index in [1.807, 2.05) is 0 Å². The van der Waals surface area contributed by atoms with Gasteiger partial charge in [0.15, 0.2) is 11.5 Å². The highest BCUT2D eigenvalue weighted by Crippen LogP contribution is 2.40. The Hall–Kier alpha value is -0.740. The van der Waals surface area contributed by atoms with Gasteiger partial charge in [-0.2, -0.15) is 0 Å². The molecular formula is C16H22BrNO2. The molecule has 0 amide bonds. The third-order valence-electron chi connectivity index (χ3n) is 4.26. The number of benzene rings is 1. The van der Waals surface area contributed by atoms with Crippen LogP contribution in [0.3, 0.4) is 0 Å². The van der Waals surface area contributed by atoms with Crippen LogP contribution >= 0.6 is 15.9 Å². The lowest BCUT2D eigenvalue weighted by Crippen LogP contribution is -2.35. The zero-order valence-electron chi connectivity index (χ0n) is 12.1. The Balaban J connectivity index is 1.62. The molecule has 20 heavy (non-hydrogen) atoms. The van der Waals surface area contributed by atoms with E-state index < -0.39 is 0 Å². The Morgan fingerprint density at radius 3 is 2.65 bits per heavy atom. The second kappa shape index (κ2) is 5.94. The first kappa shape index (κ1) is 14.2. The molecule has 1 fully saturated rings. The zero-order valence-corrected chi connectivity index (χ0v) is 13.7. The van der Waals surface area contributed by atoms with Crippen LogP contribution in [0.25, 0.3) is 0 Å². The molecule has 2 unspecified atom stereocenters. The summed E-state index contributed by atoms with van der Waals surface area (Å²) in [6, 6.07) is 4.84. The normalized spacial score (nSPS) is 28.6. The molecule has 2 atom stereocenters. The lowest BCUT2D eigenvalue weighted by atomic mass is 9.80. The average molecular weight is 340 g/mol. The summed E-state index contributed by atoms with van der Waals surface area (Å²) in [4.78, 5) is 0. The van der Waals surface area contributed by atoms with Crippen LogP contribution in [0, 0.1) is 11.8 Å². The Labute approximate surface area is 129 Å². The molecular weight excluding hydrogens is 318 g/mol. The van der Waals surface area contributed by atoms with E-state index >= 15 is 0 Å². The average Bonchev–Trinajstić information content (AvgIpc) is 2.84. The van der Waals surface area contributed by atoms with Crippen molar-refractivity contribution in [3.05, 3.63) is 22.2 Å². The highest BCUT2D eigenvalue weighted by Gasteiger charge is 2.24. The number of hydrogen-bond donors (Lipinski definition) is 1. The van der Waals surface area contributed by atoms with Crippen molar-refractivity contribution in [3.8, 4) is 11.5 Å². The fraction of sp³-hybridized carbons (Fsp3) is 0.625. The van der Waals surface area contributed by atoms with Crippen molar-refractivity contribution in [1.29, 1.82) is 0 Å². The summed E-state index contributed by atoms with van der Waals surface area (Å²) in [5, 5.41) is 3.70. The smallest absolute Gasteiger partial charge is 0.231 e. The molecule has 3 rings (SSSR count). The molecule has 3 nitrogen and oxygen atoms in total. The SMILES string of the molecule is CC1CC(C)CC(NCc2cc(Br)c3c(c2)OCO3)C1. The van der Waals surface area contributed by atoms with Crippen LogP contribution < -0.4 is 14.8 Å². The highest BCUT2D eigenvalue weighted by atomic mass is 79.9. The number of rotatable bonds is 3. The molecule has 0 spiro atoms. The molecule has 1 N–H and O–H groups in total. The first-order valence-electron chi connectivity index (χ1n) is 7.43. The number of ether oxygens (including phenoxy) is 2. The molecule has 4 heteroatoms. The third kappa shape index (κ3) is 3.12. The molecule has 0 bridgehead atoms. The first-order valence-corrected chi connectivity index (χ1v) is 8.22. The molecule has 1 saturated carbocycles. The van der Waals surface area contributed by atoms with Crippen LogP contribution in [0.1, 0.15) is 38.7 Å². The van der Waals surface area contributed by atoms with Gasteiger partial charge in [0.2, 0.25) is 6.79 Å². The standard InChI is InChI=1S/C16H22BrNO2/c1-10-3-11(2)5-13(4-10)18-8-12-6-14(17)16-15(7-12)19-9-20-16/h6-7,10-11,13,18H,3-5,8-9H2,1-2H3. The van der Waals surface area contributed by atoms with Crippen molar-refractivity contribution in [2.75, 3.05) is 6.79 Å². The maximum absolute atomic E-state index is 5.47. The fourth-order valence-corrected chi connectivity index (χ4v) is 4.10. The highest BCUT2D eigenvalue weighted by molar-refractivity contribution is 9.10. The van der Waals surface area contributed by atoms with Gasteiger partial charge in [0, 0.05) is 12.6 Å². The second-order valence-electron chi connectivity index (χ2n) is 6.31. The summed E-state index contributed by atoms with van der Waals surface area (Å²) >= 11 is 3.55. The maximum atomic E-state index is 5.47. The third-order valence-corrected chi connectivity index (χ3v) is 4.85. The fourth-order valence-electron chi connectivity index (χ4n) is 3.50. The summed E-state index contributed by atoms with van der Waals surface area (Å²) in [5.74, 6) is 3.34. The van der Waals surface area contributed by atoms with E-state index in [1.54, 1.807) is 0 Å². The largest absolute Gasteiger partial charge is 0.454 e. The molecule has 2 aliphatic rings. The van der Waals surface area contributed by atoms with Gasteiger partial charge < -0.3 is 14.8 Å². The summed E-state index contributed by atoms with van der Waals surface area (Å²) < 4.78 is 11.9. The van der Waals surface area contributed by atoms with E-state index in [9.17, 15) is 0 Å². The van der Waals surface area contributed by atoms with Gasteiger partial charge in [0.05, 0.1) is 4.47 Å². The molecule has 1 aromatic rings. The molecule has 0 aromatic heterocycles. The molecule has 0 radical (unpaired) electrons. The van der Waals surface area contributed by atoms with E-state index in [0.29, 0.717) is 12.8 Å². The van der Waals surface area contributed by atoms with Gasteiger partial charge in [-0.05, 0) is 64.7 Å². The number of nitrogens with one attached hydrogen (secondary N) is 1. The molecule has 1 heterocycles. The summed E-state index contributed by atoms with van der Waals surface area (Å²) in [6.45, 7) is 5.94. The van der Waals surface area contributed by atoms with Gasteiger partial charge >= 0.3 is 0 Å². The topological polar surface area (TPSA) is 30.5 Å². The van der Waals surface area contributed by atoms with Crippen LogP contribution in [0.4, 0.5) is 0 Å². The van der Waals surface area contributed by atoms with Crippen molar-refractivity contribution in [1.82, 2.24) is 5.32 Å². The zero-order chi connectivity index (χ0) is 14.1. The molecule has 0 saturated heterocycles. The molecule has 1 aliphatic heterocycles. The Bertz CT molecular complexity index is 482. The quantitative estimate of drug-likeness (QED) is 0.899. The van der Waals surface area contributed by atoms with E-state index in [2.05, 4.69) is 47.2 Å². The molecule has 110 valence electrons. The van der Waals surface area contributed by atoms with Crippen LogP contribution in [-0.2, 0) is 6.54 Å². The molecule has 1 aliphatic carbocycles. The minimum absolute atomic E-state index is 0.322. The Morgan fingerprint density at radius 2 is 1.90 bits per heavy atom. The predicted octanol–water partition coefficient (Wildman–Crippen LogP) is 4.09.